The summed E-state index contributed by atoms with van der Waals surface area (Å²) < 4.78 is 0. The van der Waals surface area contributed by atoms with Gasteiger partial charge >= 0.3 is 0 Å². The van der Waals surface area contributed by atoms with Crippen LogP contribution in [0.1, 0.15) is 45.0 Å². The molecule has 0 bridgehead atoms. The smallest absolute Gasteiger partial charge is 0.157 e. The van der Waals surface area contributed by atoms with Gasteiger partial charge in [-0.2, -0.15) is 0 Å². The first kappa shape index (κ1) is 11.5. The van der Waals surface area contributed by atoms with E-state index in [2.05, 4.69) is 23.8 Å². The Morgan fingerprint density at radius 3 is 2.25 bits per heavy atom. The third-order valence-electron chi connectivity index (χ3n) is 3.51. The fraction of sp³-hybridized carbons (Fsp3) is 0.692. The van der Waals surface area contributed by atoms with Gasteiger partial charge in [-0.15, -0.1) is 0 Å². The van der Waals surface area contributed by atoms with Crippen molar-refractivity contribution in [2.24, 2.45) is 17.8 Å². The van der Waals surface area contributed by atoms with Crippen molar-refractivity contribution in [3.63, 3.8) is 0 Å². The van der Waals surface area contributed by atoms with Crippen LogP contribution in [0.5, 0.6) is 0 Å². The first-order valence-electron chi connectivity index (χ1n) is 6.11. The molecule has 0 aliphatic heterocycles. The summed E-state index contributed by atoms with van der Waals surface area (Å²) in [5, 5.41) is 10.3. The molecule has 1 heterocycles. The Balaban J connectivity index is 2.07. The van der Waals surface area contributed by atoms with E-state index >= 15 is 0 Å². The lowest BCUT2D eigenvalue weighted by molar-refractivity contribution is 0.0489. The Morgan fingerprint density at radius 2 is 1.69 bits per heavy atom. The molecule has 0 saturated heterocycles. The molecule has 1 saturated carbocycles. The van der Waals surface area contributed by atoms with Crippen LogP contribution >= 0.6 is 0 Å². The number of aliphatic hydroxyl groups is 1. The highest BCUT2D eigenvalue weighted by atomic mass is 16.3. The highest BCUT2D eigenvalue weighted by Crippen LogP contribution is 2.38. The molecule has 1 fully saturated rings. The van der Waals surface area contributed by atoms with E-state index in [1.807, 2.05) is 0 Å². The Labute approximate surface area is 96.9 Å². The highest BCUT2D eigenvalue weighted by molar-refractivity contribution is 4.96. The third-order valence-corrected chi connectivity index (χ3v) is 3.51. The molecule has 3 nitrogen and oxygen atoms in total. The quantitative estimate of drug-likeness (QED) is 0.833. The van der Waals surface area contributed by atoms with Gasteiger partial charge in [0, 0.05) is 12.4 Å². The van der Waals surface area contributed by atoms with Gasteiger partial charge in [0.1, 0.15) is 6.10 Å². The lowest BCUT2D eigenvalue weighted by Gasteiger charge is -2.33. The van der Waals surface area contributed by atoms with Gasteiger partial charge in [-0.3, -0.25) is 0 Å². The van der Waals surface area contributed by atoms with Crippen LogP contribution in [0.4, 0.5) is 0 Å². The van der Waals surface area contributed by atoms with Crippen LogP contribution in [-0.2, 0) is 0 Å². The summed E-state index contributed by atoms with van der Waals surface area (Å²) in [5.41, 5.74) is 0. The lowest BCUT2D eigenvalue weighted by Crippen LogP contribution is -2.25. The van der Waals surface area contributed by atoms with Crippen molar-refractivity contribution in [3.05, 3.63) is 24.3 Å². The van der Waals surface area contributed by atoms with E-state index in [4.69, 9.17) is 0 Å². The van der Waals surface area contributed by atoms with Crippen molar-refractivity contribution in [2.75, 3.05) is 0 Å². The summed E-state index contributed by atoms with van der Waals surface area (Å²) in [7, 11) is 0. The molecular formula is C13H20N2O. The molecule has 3 heteroatoms. The fourth-order valence-corrected chi connectivity index (χ4v) is 2.94. The van der Waals surface area contributed by atoms with E-state index in [1.54, 1.807) is 18.5 Å². The van der Waals surface area contributed by atoms with Gasteiger partial charge in [0.05, 0.1) is 0 Å². The summed E-state index contributed by atoms with van der Waals surface area (Å²) in [5.74, 6) is 2.30. The maximum atomic E-state index is 10.3. The van der Waals surface area contributed by atoms with Crippen LogP contribution in [-0.4, -0.2) is 15.1 Å². The lowest BCUT2D eigenvalue weighted by atomic mass is 9.74. The first-order valence-corrected chi connectivity index (χ1v) is 6.11. The average Bonchev–Trinajstić information content (AvgIpc) is 2.28. The van der Waals surface area contributed by atoms with Crippen LogP contribution < -0.4 is 0 Å². The van der Waals surface area contributed by atoms with E-state index in [0.717, 1.165) is 12.8 Å². The minimum atomic E-state index is -0.494. The molecule has 88 valence electrons. The molecule has 0 amide bonds. The fourth-order valence-electron chi connectivity index (χ4n) is 2.94. The third kappa shape index (κ3) is 2.59. The zero-order valence-electron chi connectivity index (χ0n) is 10.0. The molecule has 1 N–H and O–H groups in total. The number of aliphatic hydroxyl groups excluding tert-OH is 1. The SMILES string of the molecule is CC1CC(C)CC(C(O)c2ncccn2)C1. The van der Waals surface area contributed by atoms with Crippen LogP contribution in [0.2, 0.25) is 0 Å². The minimum absolute atomic E-state index is 0.321. The Bertz CT molecular complexity index is 318. The molecule has 1 aliphatic carbocycles. The molecule has 0 radical (unpaired) electrons. The summed E-state index contributed by atoms with van der Waals surface area (Å²) in [4.78, 5) is 8.29. The molecule has 1 aromatic rings. The van der Waals surface area contributed by atoms with Gasteiger partial charge in [0.15, 0.2) is 5.82 Å². The predicted molar refractivity (Wildman–Crippen MR) is 62.7 cm³/mol. The summed E-state index contributed by atoms with van der Waals surface area (Å²) in [6.07, 6.45) is 6.35. The van der Waals surface area contributed by atoms with Crippen molar-refractivity contribution < 1.29 is 5.11 Å². The molecule has 3 unspecified atom stereocenters. The number of hydrogen-bond donors (Lipinski definition) is 1. The van der Waals surface area contributed by atoms with E-state index < -0.39 is 6.10 Å². The van der Waals surface area contributed by atoms with Crippen LogP contribution in [0.25, 0.3) is 0 Å². The van der Waals surface area contributed by atoms with Crippen molar-refractivity contribution in [1.29, 1.82) is 0 Å². The molecule has 1 aromatic heterocycles. The van der Waals surface area contributed by atoms with Crippen molar-refractivity contribution in [1.82, 2.24) is 9.97 Å². The molecule has 16 heavy (non-hydrogen) atoms. The molecule has 2 rings (SSSR count). The maximum Gasteiger partial charge on any atom is 0.157 e. The zero-order chi connectivity index (χ0) is 11.5. The van der Waals surface area contributed by atoms with Gasteiger partial charge < -0.3 is 5.11 Å². The molecule has 0 spiro atoms. The Hall–Kier alpha value is -0.960. The van der Waals surface area contributed by atoms with Crippen molar-refractivity contribution in [3.8, 4) is 0 Å². The van der Waals surface area contributed by atoms with Gasteiger partial charge in [0.25, 0.3) is 0 Å². The maximum absolute atomic E-state index is 10.3. The van der Waals surface area contributed by atoms with Crippen molar-refractivity contribution >= 4 is 0 Å². The molecule has 1 aliphatic rings. The molecule has 0 aromatic carbocycles. The predicted octanol–water partition coefficient (Wildman–Crippen LogP) is 2.58. The van der Waals surface area contributed by atoms with Gasteiger partial charge in [-0.05, 0) is 43.1 Å². The average molecular weight is 220 g/mol. The minimum Gasteiger partial charge on any atom is -0.385 e. The second kappa shape index (κ2) is 4.91. The van der Waals surface area contributed by atoms with E-state index in [-0.39, 0.29) is 0 Å². The van der Waals surface area contributed by atoms with Gasteiger partial charge in [0.2, 0.25) is 0 Å². The number of hydrogen-bond acceptors (Lipinski definition) is 3. The molecular weight excluding hydrogens is 200 g/mol. The first-order chi connectivity index (χ1) is 7.66. The highest BCUT2D eigenvalue weighted by Gasteiger charge is 2.30. The van der Waals surface area contributed by atoms with Crippen LogP contribution in [0, 0.1) is 17.8 Å². The monoisotopic (exact) mass is 220 g/mol. The molecule has 3 atom stereocenters. The zero-order valence-corrected chi connectivity index (χ0v) is 10.0. The number of nitrogens with zero attached hydrogens (tertiary/aromatic N) is 2. The Kier molecular flexibility index (Phi) is 3.54. The second-order valence-corrected chi connectivity index (χ2v) is 5.23. The van der Waals surface area contributed by atoms with E-state index in [0.29, 0.717) is 23.6 Å². The van der Waals surface area contributed by atoms with Crippen molar-refractivity contribution in [2.45, 2.75) is 39.2 Å². The standard InChI is InChI=1S/C13H20N2O/c1-9-6-10(2)8-11(7-9)12(16)13-14-4-3-5-15-13/h3-5,9-12,16H,6-8H2,1-2H3. The Morgan fingerprint density at radius 1 is 1.12 bits per heavy atom. The largest absolute Gasteiger partial charge is 0.385 e. The second-order valence-electron chi connectivity index (χ2n) is 5.23. The summed E-state index contributed by atoms with van der Waals surface area (Å²) in [6.45, 7) is 4.53. The van der Waals surface area contributed by atoms with E-state index in [1.165, 1.54) is 6.42 Å². The topological polar surface area (TPSA) is 46.0 Å². The van der Waals surface area contributed by atoms with Gasteiger partial charge in [-0.1, -0.05) is 13.8 Å². The summed E-state index contributed by atoms with van der Waals surface area (Å²) >= 11 is 0. The van der Waals surface area contributed by atoms with Gasteiger partial charge in [-0.25, -0.2) is 9.97 Å². The number of rotatable bonds is 2. The van der Waals surface area contributed by atoms with Crippen LogP contribution in [0.15, 0.2) is 18.5 Å². The normalized spacial score (nSPS) is 32.3. The van der Waals surface area contributed by atoms with E-state index in [9.17, 15) is 5.11 Å². The summed E-state index contributed by atoms with van der Waals surface area (Å²) in [6, 6.07) is 1.78. The number of aromatic nitrogens is 2. The van der Waals surface area contributed by atoms with Crippen LogP contribution in [0.3, 0.4) is 0 Å².